The van der Waals surface area contributed by atoms with E-state index in [0.717, 1.165) is 30.6 Å². The van der Waals surface area contributed by atoms with Crippen LogP contribution in [-0.2, 0) is 0 Å². The number of ether oxygens (including phenoxy) is 1. The van der Waals surface area contributed by atoms with Crippen LogP contribution in [0, 0.1) is 16.7 Å². The van der Waals surface area contributed by atoms with Gasteiger partial charge in [0.2, 0.25) is 0 Å². The van der Waals surface area contributed by atoms with Gasteiger partial charge in [-0.2, -0.15) is 5.26 Å². The minimum Gasteiger partial charge on any atom is -0.493 e. The van der Waals surface area contributed by atoms with Gasteiger partial charge in [-0.1, -0.05) is 19.1 Å². The number of nitriles is 1. The fourth-order valence-electron chi connectivity index (χ4n) is 2.00. The largest absolute Gasteiger partial charge is 0.493 e. The molecule has 96 valence electrons. The van der Waals surface area contributed by atoms with Crippen molar-refractivity contribution in [2.24, 2.45) is 11.1 Å². The Balaban J connectivity index is 1.89. The lowest BCUT2D eigenvalue weighted by molar-refractivity contribution is 0.237. The zero-order valence-electron chi connectivity index (χ0n) is 10.9. The van der Waals surface area contributed by atoms with E-state index in [4.69, 9.17) is 15.7 Å². The Kier molecular flexibility index (Phi) is 3.88. The van der Waals surface area contributed by atoms with E-state index in [2.05, 4.69) is 13.0 Å². The van der Waals surface area contributed by atoms with Crippen LogP contribution in [-0.4, -0.2) is 6.61 Å². The van der Waals surface area contributed by atoms with Gasteiger partial charge < -0.3 is 10.5 Å². The first-order valence-corrected chi connectivity index (χ1v) is 6.54. The molecule has 0 radical (unpaired) electrons. The average molecular weight is 244 g/mol. The highest BCUT2D eigenvalue weighted by atomic mass is 16.5. The summed E-state index contributed by atoms with van der Waals surface area (Å²) in [5, 5.41) is 8.74. The van der Waals surface area contributed by atoms with Crippen LogP contribution in [0.5, 0.6) is 5.75 Å². The molecule has 2 N–H and O–H groups in total. The Morgan fingerprint density at radius 3 is 2.56 bits per heavy atom. The summed E-state index contributed by atoms with van der Waals surface area (Å²) in [6, 6.07) is 10.3. The zero-order valence-corrected chi connectivity index (χ0v) is 10.9. The molecular formula is C15H20N2O. The smallest absolute Gasteiger partial charge is 0.119 e. The van der Waals surface area contributed by atoms with Crippen LogP contribution in [0.4, 0.5) is 0 Å². The summed E-state index contributed by atoms with van der Waals surface area (Å²) in [6.45, 7) is 2.73. The van der Waals surface area contributed by atoms with Gasteiger partial charge in [-0.25, -0.2) is 0 Å². The summed E-state index contributed by atoms with van der Waals surface area (Å²) >= 11 is 0. The standard InChI is InChI=1S/C15H20N2O/c1-2-14(17)12-3-5-13(6-4-12)18-11-15(7-8-15)9-10-16/h3-6,14H,2,7-9,11,17H2,1H3/t14-/m0/s1. The number of nitrogens with two attached hydrogens (primary N) is 1. The molecule has 0 heterocycles. The second-order valence-electron chi connectivity index (χ2n) is 5.21. The number of rotatable bonds is 6. The summed E-state index contributed by atoms with van der Waals surface area (Å²) in [5.74, 6) is 0.867. The lowest BCUT2D eigenvalue weighted by Gasteiger charge is -2.14. The first kappa shape index (κ1) is 12.9. The van der Waals surface area contributed by atoms with Crippen LogP contribution >= 0.6 is 0 Å². The monoisotopic (exact) mass is 244 g/mol. The molecule has 1 saturated carbocycles. The van der Waals surface area contributed by atoms with E-state index in [-0.39, 0.29) is 11.5 Å². The van der Waals surface area contributed by atoms with Gasteiger partial charge in [-0.3, -0.25) is 0 Å². The van der Waals surface area contributed by atoms with Gasteiger partial charge in [0.1, 0.15) is 5.75 Å². The molecule has 0 amide bonds. The van der Waals surface area contributed by atoms with E-state index in [1.807, 2.05) is 24.3 Å². The van der Waals surface area contributed by atoms with Crippen LogP contribution in [0.1, 0.15) is 44.2 Å². The molecule has 0 bridgehead atoms. The van der Waals surface area contributed by atoms with E-state index < -0.39 is 0 Å². The number of hydrogen-bond donors (Lipinski definition) is 1. The van der Waals surface area contributed by atoms with Crippen molar-refractivity contribution in [3.8, 4) is 11.8 Å². The Morgan fingerprint density at radius 1 is 1.39 bits per heavy atom. The van der Waals surface area contributed by atoms with E-state index in [1.54, 1.807) is 0 Å². The minimum absolute atomic E-state index is 0.104. The summed E-state index contributed by atoms with van der Waals surface area (Å²) in [5.41, 5.74) is 7.23. The normalized spacial score (nSPS) is 17.8. The lowest BCUT2D eigenvalue weighted by atomic mass is 10.0. The van der Waals surface area contributed by atoms with Crippen molar-refractivity contribution in [2.45, 2.75) is 38.6 Å². The maximum Gasteiger partial charge on any atom is 0.119 e. The third kappa shape index (κ3) is 3.02. The zero-order chi connectivity index (χ0) is 13.0. The van der Waals surface area contributed by atoms with Crippen molar-refractivity contribution in [2.75, 3.05) is 6.61 Å². The van der Waals surface area contributed by atoms with Crippen LogP contribution in [0.25, 0.3) is 0 Å². The van der Waals surface area contributed by atoms with Gasteiger partial charge in [0.05, 0.1) is 12.7 Å². The molecule has 1 aromatic carbocycles. The van der Waals surface area contributed by atoms with Crippen molar-refractivity contribution >= 4 is 0 Å². The van der Waals surface area contributed by atoms with E-state index in [0.29, 0.717) is 13.0 Å². The van der Waals surface area contributed by atoms with Gasteiger partial charge in [0, 0.05) is 17.9 Å². The number of benzene rings is 1. The highest BCUT2D eigenvalue weighted by Crippen LogP contribution is 2.48. The molecule has 0 aliphatic heterocycles. The van der Waals surface area contributed by atoms with E-state index in [1.165, 1.54) is 0 Å². The quantitative estimate of drug-likeness (QED) is 0.836. The molecule has 1 aliphatic rings. The fourth-order valence-corrected chi connectivity index (χ4v) is 2.00. The summed E-state index contributed by atoms with van der Waals surface area (Å²) < 4.78 is 5.76. The minimum atomic E-state index is 0.104. The molecule has 3 heteroatoms. The summed E-state index contributed by atoms with van der Waals surface area (Å²) in [4.78, 5) is 0. The molecule has 0 aromatic heterocycles. The van der Waals surface area contributed by atoms with Crippen molar-refractivity contribution in [1.82, 2.24) is 0 Å². The second kappa shape index (κ2) is 5.41. The van der Waals surface area contributed by atoms with Gasteiger partial charge in [-0.15, -0.1) is 0 Å². The van der Waals surface area contributed by atoms with Gasteiger partial charge in [0.25, 0.3) is 0 Å². The Bertz CT molecular complexity index is 429. The molecule has 2 rings (SSSR count). The van der Waals surface area contributed by atoms with Crippen LogP contribution in [0.3, 0.4) is 0 Å². The first-order valence-electron chi connectivity index (χ1n) is 6.54. The first-order chi connectivity index (χ1) is 8.69. The van der Waals surface area contributed by atoms with Crippen molar-refractivity contribution in [3.63, 3.8) is 0 Å². The predicted octanol–water partition coefficient (Wildman–Crippen LogP) is 3.17. The number of hydrogen-bond acceptors (Lipinski definition) is 3. The fraction of sp³-hybridized carbons (Fsp3) is 0.533. The van der Waals surface area contributed by atoms with E-state index >= 15 is 0 Å². The predicted molar refractivity (Wildman–Crippen MR) is 71.1 cm³/mol. The van der Waals surface area contributed by atoms with Gasteiger partial charge >= 0.3 is 0 Å². The third-order valence-corrected chi connectivity index (χ3v) is 3.70. The summed E-state index contributed by atoms with van der Waals surface area (Å²) in [7, 11) is 0. The molecular weight excluding hydrogens is 224 g/mol. The molecule has 1 aliphatic carbocycles. The molecule has 18 heavy (non-hydrogen) atoms. The number of nitrogens with zero attached hydrogens (tertiary/aromatic N) is 1. The van der Waals surface area contributed by atoms with E-state index in [9.17, 15) is 0 Å². The lowest BCUT2D eigenvalue weighted by Crippen LogP contribution is -2.12. The molecule has 1 aromatic rings. The molecule has 1 fully saturated rings. The SMILES string of the molecule is CC[C@H](N)c1ccc(OCC2(CC#N)CC2)cc1. The van der Waals surface area contributed by atoms with Crippen LogP contribution in [0.2, 0.25) is 0 Å². The van der Waals surface area contributed by atoms with Crippen molar-refractivity contribution in [1.29, 1.82) is 5.26 Å². The van der Waals surface area contributed by atoms with Gasteiger partial charge in [0.15, 0.2) is 0 Å². The summed E-state index contributed by atoms with van der Waals surface area (Å²) in [6.07, 6.45) is 3.76. The molecule has 0 saturated heterocycles. The highest BCUT2D eigenvalue weighted by molar-refractivity contribution is 5.29. The van der Waals surface area contributed by atoms with Crippen molar-refractivity contribution in [3.05, 3.63) is 29.8 Å². The maximum absolute atomic E-state index is 8.74. The molecule has 0 spiro atoms. The van der Waals surface area contributed by atoms with Gasteiger partial charge in [-0.05, 0) is 37.0 Å². The molecule has 1 atom stereocenters. The maximum atomic E-state index is 8.74. The average Bonchev–Trinajstić information content (AvgIpc) is 3.17. The Morgan fingerprint density at radius 2 is 2.06 bits per heavy atom. The van der Waals surface area contributed by atoms with Crippen molar-refractivity contribution < 1.29 is 4.74 Å². The Labute approximate surface area is 109 Å². The van der Waals surface area contributed by atoms with Crippen LogP contribution in [0.15, 0.2) is 24.3 Å². The third-order valence-electron chi connectivity index (χ3n) is 3.70. The topological polar surface area (TPSA) is 59.0 Å². The Hall–Kier alpha value is -1.53. The highest BCUT2D eigenvalue weighted by Gasteiger charge is 2.43. The molecule has 3 nitrogen and oxygen atoms in total. The molecule has 0 unspecified atom stereocenters. The second-order valence-corrected chi connectivity index (χ2v) is 5.21. The van der Waals surface area contributed by atoms with Crippen LogP contribution < -0.4 is 10.5 Å².